The third-order valence-electron chi connectivity index (χ3n) is 4.55. The molecule has 1 amide bonds. The van der Waals surface area contributed by atoms with E-state index in [2.05, 4.69) is 31.7 Å². The molecule has 2 aliphatic rings. The smallest absolute Gasteiger partial charge is 0.322 e. The van der Waals surface area contributed by atoms with Gasteiger partial charge in [-0.3, -0.25) is 9.59 Å². The van der Waals surface area contributed by atoms with E-state index >= 15 is 0 Å². The zero-order valence-corrected chi connectivity index (χ0v) is 17.9. The third kappa shape index (κ3) is 4.43. The Kier molecular flexibility index (Phi) is 5.84. The number of thioether (sulfide) groups is 1. The van der Waals surface area contributed by atoms with Gasteiger partial charge in [-0.15, -0.1) is 4.90 Å². The van der Waals surface area contributed by atoms with Crippen molar-refractivity contribution in [2.45, 2.75) is 6.92 Å². The molecule has 2 aromatic carbocycles. The number of ketones is 1. The number of Topliss-reactive ketones (excluding diaryl/α,β-unsaturated/α-hetero) is 1. The second kappa shape index (κ2) is 8.88. The summed E-state index contributed by atoms with van der Waals surface area (Å²) in [6.45, 7) is 1.45. The molecule has 2 aliphatic heterocycles. The number of rotatable bonds is 3. The fourth-order valence-corrected chi connectivity index (χ4v) is 3.26. The molecular weight excluding hydrogens is 429 g/mol. The second-order valence-corrected chi connectivity index (χ2v) is 7.55. The summed E-state index contributed by atoms with van der Waals surface area (Å²) in [4.78, 5) is 29.8. The SMILES string of the molecule is CSC1=[N+]=CN2C(=C1)N=[N+]=C2C#Cc1cc(C(=O)Nc2cccc(C(C)=O)c2)ccc1F. The van der Waals surface area contributed by atoms with Crippen molar-refractivity contribution in [2.24, 2.45) is 5.11 Å². The van der Waals surface area contributed by atoms with Crippen LogP contribution in [-0.2, 0) is 0 Å². The predicted molar refractivity (Wildman–Crippen MR) is 122 cm³/mol. The Labute approximate surface area is 187 Å². The minimum absolute atomic E-state index is 0.0422. The first kappa shape index (κ1) is 21.0. The summed E-state index contributed by atoms with van der Waals surface area (Å²) in [6, 6.07) is 10.5. The number of nitrogens with one attached hydrogen (secondary N) is 1. The lowest BCUT2D eigenvalue weighted by atomic mass is 10.1. The highest BCUT2D eigenvalue weighted by molar-refractivity contribution is 8.13. The molecule has 4 rings (SSSR count). The summed E-state index contributed by atoms with van der Waals surface area (Å²) in [5, 5.41) is 7.55. The summed E-state index contributed by atoms with van der Waals surface area (Å²) in [5.74, 6) is 5.25. The molecule has 0 aromatic heterocycles. The first-order valence-electron chi connectivity index (χ1n) is 9.43. The van der Waals surface area contributed by atoms with Crippen molar-refractivity contribution >= 4 is 46.4 Å². The van der Waals surface area contributed by atoms with Crippen LogP contribution in [0.2, 0.25) is 0 Å². The van der Waals surface area contributed by atoms with Gasteiger partial charge in [0, 0.05) is 22.7 Å². The number of hydrogen-bond acceptors (Lipinski definition) is 5. The average molecular weight is 445 g/mol. The van der Waals surface area contributed by atoms with E-state index in [0.717, 1.165) is 5.04 Å². The van der Waals surface area contributed by atoms with Crippen molar-refractivity contribution in [3.05, 3.63) is 76.9 Å². The van der Waals surface area contributed by atoms with Crippen molar-refractivity contribution in [1.29, 1.82) is 0 Å². The van der Waals surface area contributed by atoms with E-state index in [1.165, 1.54) is 36.9 Å². The Balaban J connectivity index is 1.55. The van der Waals surface area contributed by atoms with Gasteiger partial charge in [-0.1, -0.05) is 28.7 Å². The highest BCUT2D eigenvalue weighted by atomic mass is 32.2. The molecular formula is C23H16FN5O2S+2. The highest BCUT2D eigenvalue weighted by Crippen LogP contribution is 2.16. The molecule has 32 heavy (non-hydrogen) atoms. The minimum Gasteiger partial charge on any atom is -0.322 e. The van der Waals surface area contributed by atoms with Gasteiger partial charge >= 0.3 is 12.2 Å². The van der Waals surface area contributed by atoms with E-state index in [9.17, 15) is 14.0 Å². The Morgan fingerprint density at radius 1 is 1.16 bits per heavy atom. The number of amidine groups is 1. The lowest BCUT2D eigenvalue weighted by molar-refractivity contribution is -0.0718. The minimum atomic E-state index is -0.566. The summed E-state index contributed by atoms with van der Waals surface area (Å²) < 4.78 is 18.6. The summed E-state index contributed by atoms with van der Waals surface area (Å²) in [5.41, 5.74) is 1.21. The summed E-state index contributed by atoms with van der Waals surface area (Å²) in [7, 11) is 0. The van der Waals surface area contributed by atoms with Gasteiger partial charge in [0.2, 0.25) is 0 Å². The van der Waals surface area contributed by atoms with Crippen LogP contribution in [0.25, 0.3) is 0 Å². The Bertz CT molecular complexity index is 1390. The fraction of sp³-hybridized carbons (Fsp3) is 0.0870. The van der Waals surface area contributed by atoms with Gasteiger partial charge in [0.25, 0.3) is 16.8 Å². The van der Waals surface area contributed by atoms with Gasteiger partial charge in [0.05, 0.1) is 16.8 Å². The molecule has 0 saturated heterocycles. The molecule has 1 N–H and O–H groups in total. The molecule has 7 nitrogen and oxygen atoms in total. The average Bonchev–Trinajstić information content (AvgIpc) is 3.20. The maximum atomic E-state index is 14.3. The van der Waals surface area contributed by atoms with E-state index in [-0.39, 0.29) is 16.9 Å². The molecule has 0 saturated carbocycles. The van der Waals surface area contributed by atoms with Crippen LogP contribution in [-0.4, -0.2) is 44.9 Å². The Hall–Kier alpha value is -4.21. The fourth-order valence-electron chi connectivity index (χ4n) is 2.88. The van der Waals surface area contributed by atoms with Crippen molar-refractivity contribution < 1.29 is 18.8 Å². The maximum Gasteiger partial charge on any atom is 0.469 e. The Morgan fingerprint density at radius 3 is 2.78 bits per heavy atom. The quantitative estimate of drug-likeness (QED) is 0.447. The van der Waals surface area contributed by atoms with Gasteiger partial charge in [-0.25, -0.2) is 9.06 Å². The number of hydrogen-bond donors (Lipinski definition) is 1. The van der Waals surface area contributed by atoms with Crippen LogP contribution in [0.15, 0.2) is 59.5 Å². The van der Waals surface area contributed by atoms with Crippen LogP contribution in [0, 0.1) is 17.7 Å². The van der Waals surface area contributed by atoms with Gasteiger partial charge < -0.3 is 5.32 Å². The monoisotopic (exact) mass is 445 g/mol. The number of fused-ring (bicyclic) bond motifs is 1. The van der Waals surface area contributed by atoms with Crippen LogP contribution in [0.3, 0.4) is 0 Å². The number of anilines is 1. The molecule has 9 heteroatoms. The molecule has 0 bridgehead atoms. The number of amides is 1. The van der Waals surface area contributed by atoms with Crippen molar-refractivity contribution in [1.82, 2.24) is 9.57 Å². The maximum absolute atomic E-state index is 14.3. The van der Waals surface area contributed by atoms with Gasteiger partial charge in [0.15, 0.2) is 5.78 Å². The zero-order chi connectivity index (χ0) is 22.7. The van der Waals surface area contributed by atoms with Gasteiger partial charge in [-0.2, -0.15) is 0 Å². The molecule has 2 aromatic rings. The number of halogens is 1. The third-order valence-corrected chi connectivity index (χ3v) is 5.19. The van der Waals surface area contributed by atoms with E-state index in [1.807, 2.05) is 6.26 Å². The molecule has 156 valence electrons. The lowest BCUT2D eigenvalue weighted by Gasteiger charge is -2.07. The standard InChI is InChI=1S/C23H15FN5O2S/c1-14(30)15-4-3-5-18(11-15)26-23(31)17-6-8-19(24)16(10-17)7-9-20-27-28-21-12-22(32-2)25-13-29(20)21/h3-6,8,10-13H,1-2H3/q+1/p+1. The van der Waals surface area contributed by atoms with Crippen LogP contribution in [0.5, 0.6) is 0 Å². The number of benzene rings is 2. The van der Waals surface area contributed by atoms with E-state index < -0.39 is 11.7 Å². The van der Waals surface area contributed by atoms with Crippen LogP contribution < -0.4 is 9.98 Å². The molecule has 0 spiro atoms. The Morgan fingerprint density at radius 2 is 2.00 bits per heavy atom. The summed E-state index contributed by atoms with van der Waals surface area (Å²) in [6.07, 6.45) is 5.23. The lowest BCUT2D eigenvalue weighted by Crippen LogP contribution is -2.28. The van der Waals surface area contributed by atoms with Crippen LogP contribution >= 0.6 is 11.8 Å². The van der Waals surface area contributed by atoms with Gasteiger partial charge in [-0.05, 0) is 49.4 Å². The molecule has 2 heterocycles. The number of carbonyl (C=O) groups excluding carboxylic acids is 2. The topological polar surface area (TPSA) is 90.0 Å². The van der Waals surface area contributed by atoms with Crippen LogP contribution in [0.4, 0.5) is 10.1 Å². The zero-order valence-electron chi connectivity index (χ0n) is 17.1. The number of nitrogens with zero attached hydrogens (tertiary/aromatic N) is 4. The second-order valence-electron chi connectivity index (χ2n) is 6.72. The number of carbonyl (C=O) groups is 2. The predicted octanol–water partition coefficient (Wildman–Crippen LogP) is 2.72. The first-order chi connectivity index (χ1) is 15.4. The molecule has 0 fully saturated rings. The van der Waals surface area contributed by atoms with Crippen molar-refractivity contribution in [3.63, 3.8) is 0 Å². The largest absolute Gasteiger partial charge is 0.469 e. The van der Waals surface area contributed by atoms with E-state index in [1.54, 1.807) is 41.6 Å². The molecule has 0 aliphatic carbocycles. The highest BCUT2D eigenvalue weighted by Gasteiger charge is 2.35. The first-order valence-corrected chi connectivity index (χ1v) is 10.7. The van der Waals surface area contributed by atoms with Crippen molar-refractivity contribution in [2.75, 3.05) is 11.6 Å². The van der Waals surface area contributed by atoms with E-state index in [4.69, 9.17) is 0 Å². The van der Waals surface area contributed by atoms with Crippen LogP contribution in [0.1, 0.15) is 33.2 Å². The summed E-state index contributed by atoms with van der Waals surface area (Å²) >= 11 is 1.48. The normalized spacial score (nSPS) is 13.5. The van der Waals surface area contributed by atoms with E-state index in [0.29, 0.717) is 22.9 Å². The molecule has 0 unspecified atom stereocenters. The molecule has 0 atom stereocenters. The van der Waals surface area contributed by atoms with Crippen molar-refractivity contribution in [3.8, 4) is 11.8 Å². The molecule has 0 radical (unpaired) electrons. The van der Waals surface area contributed by atoms with Gasteiger partial charge in [0.1, 0.15) is 5.82 Å².